The summed E-state index contributed by atoms with van der Waals surface area (Å²) in [6.45, 7) is 0.641. The van der Waals surface area contributed by atoms with Gasteiger partial charge in [0.2, 0.25) is 11.6 Å². The van der Waals surface area contributed by atoms with E-state index in [0.29, 0.717) is 19.4 Å². The van der Waals surface area contributed by atoms with Gasteiger partial charge in [0.15, 0.2) is 0 Å². The number of likely N-dealkylation sites (tertiary alicyclic amines) is 1. The summed E-state index contributed by atoms with van der Waals surface area (Å²) < 4.78 is 5.72. The fourth-order valence-corrected chi connectivity index (χ4v) is 3.84. The highest BCUT2D eigenvalue weighted by molar-refractivity contribution is 5.89. The van der Waals surface area contributed by atoms with Crippen LogP contribution in [0.1, 0.15) is 29.9 Å². The number of amides is 1. The Kier molecular flexibility index (Phi) is 3.60. The summed E-state index contributed by atoms with van der Waals surface area (Å²) in [7, 11) is 0. The average Bonchev–Trinajstić information content (AvgIpc) is 3.02. The largest absolute Gasteiger partial charge is 0.436 e. The fraction of sp³-hybridized carbons (Fsp3) is 0.300. The molecule has 24 heavy (non-hydrogen) atoms. The molecule has 0 aromatic heterocycles. The van der Waals surface area contributed by atoms with Crippen LogP contribution in [0, 0.1) is 0 Å². The molecular weight excluding hydrogens is 302 g/mol. The Morgan fingerprint density at radius 3 is 2.25 bits per heavy atom. The molecule has 2 atom stereocenters. The minimum Gasteiger partial charge on any atom is -0.436 e. The first-order chi connectivity index (χ1) is 11.7. The van der Waals surface area contributed by atoms with Crippen molar-refractivity contribution in [1.82, 2.24) is 4.90 Å². The van der Waals surface area contributed by atoms with Crippen molar-refractivity contribution in [3.8, 4) is 0 Å². The highest BCUT2D eigenvalue weighted by atomic mass is 16.6. The lowest BCUT2D eigenvalue weighted by molar-refractivity contribution is -0.236. The summed E-state index contributed by atoms with van der Waals surface area (Å²) in [6.07, 6.45) is 1.86. The second kappa shape index (κ2) is 5.78. The molecule has 0 radical (unpaired) electrons. The van der Waals surface area contributed by atoms with Gasteiger partial charge >= 0.3 is 5.97 Å². The van der Waals surface area contributed by atoms with Crippen LogP contribution in [-0.4, -0.2) is 29.0 Å². The van der Waals surface area contributed by atoms with Gasteiger partial charge in [-0.15, -0.1) is 0 Å². The molecule has 0 bridgehead atoms. The highest BCUT2D eigenvalue weighted by Gasteiger charge is 2.62. The van der Waals surface area contributed by atoms with Gasteiger partial charge in [-0.2, -0.15) is 0 Å². The Bertz CT molecular complexity index is 759. The number of cyclic esters (lactones) is 1. The Morgan fingerprint density at radius 2 is 1.67 bits per heavy atom. The van der Waals surface area contributed by atoms with E-state index in [9.17, 15) is 9.59 Å². The van der Waals surface area contributed by atoms with Crippen molar-refractivity contribution in [2.24, 2.45) is 0 Å². The quantitative estimate of drug-likeness (QED) is 0.814. The standard InChI is InChI=1S/C20H19NO3/c22-17-12-7-13-21(17)20(14-15-8-3-1-4-9-15)18(19(23)24-20)16-10-5-2-6-11-16/h1-6,8-11,18H,7,12-14H2. The highest BCUT2D eigenvalue weighted by Crippen LogP contribution is 2.48. The lowest BCUT2D eigenvalue weighted by Crippen LogP contribution is -2.67. The first-order valence-electron chi connectivity index (χ1n) is 8.33. The minimum atomic E-state index is -0.895. The summed E-state index contributed by atoms with van der Waals surface area (Å²) in [4.78, 5) is 26.5. The maximum absolute atomic E-state index is 12.4. The molecule has 4 heteroatoms. The van der Waals surface area contributed by atoms with Crippen molar-refractivity contribution in [1.29, 1.82) is 0 Å². The van der Waals surface area contributed by atoms with Crippen LogP contribution in [0.15, 0.2) is 60.7 Å². The zero-order chi connectivity index (χ0) is 16.6. The van der Waals surface area contributed by atoms with Crippen LogP contribution in [-0.2, 0) is 20.7 Å². The van der Waals surface area contributed by atoms with Crippen molar-refractivity contribution in [3.63, 3.8) is 0 Å². The van der Waals surface area contributed by atoms with Crippen LogP contribution in [0.2, 0.25) is 0 Å². The predicted molar refractivity (Wildman–Crippen MR) is 89.1 cm³/mol. The number of nitrogens with zero attached hydrogens (tertiary/aromatic N) is 1. The average molecular weight is 321 g/mol. The third-order valence-electron chi connectivity index (χ3n) is 4.93. The van der Waals surface area contributed by atoms with E-state index in [-0.39, 0.29) is 11.9 Å². The van der Waals surface area contributed by atoms with E-state index in [1.807, 2.05) is 60.7 Å². The number of ether oxygens (including phenoxy) is 1. The van der Waals surface area contributed by atoms with E-state index in [0.717, 1.165) is 17.5 Å². The molecule has 2 fully saturated rings. The van der Waals surface area contributed by atoms with E-state index < -0.39 is 11.6 Å². The van der Waals surface area contributed by atoms with Gasteiger partial charge in [0, 0.05) is 19.4 Å². The zero-order valence-corrected chi connectivity index (χ0v) is 13.4. The minimum absolute atomic E-state index is 0.0689. The van der Waals surface area contributed by atoms with Crippen LogP contribution in [0.3, 0.4) is 0 Å². The van der Waals surface area contributed by atoms with E-state index in [4.69, 9.17) is 4.74 Å². The Balaban J connectivity index is 1.76. The molecular formula is C20H19NO3. The monoisotopic (exact) mass is 321 g/mol. The van der Waals surface area contributed by atoms with Crippen LogP contribution >= 0.6 is 0 Å². The normalized spacial score (nSPS) is 26.2. The molecule has 2 aliphatic rings. The van der Waals surface area contributed by atoms with Crippen molar-refractivity contribution in [3.05, 3.63) is 71.8 Å². The molecule has 2 aromatic rings. The van der Waals surface area contributed by atoms with E-state index in [2.05, 4.69) is 0 Å². The summed E-state index contributed by atoms with van der Waals surface area (Å²) in [5, 5.41) is 0. The summed E-state index contributed by atoms with van der Waals surface area (Å²) in [5.41, 5.74) is 1.07. The van der Waals surface area contributed by atoms with Gasteiger partial charge in [0.1, 0.15) is 5.92 Å². The van der Waals surface area contributed by atoms with Gasteiger partial charge in [-0.25, -0.2) is 0 Å². The molecule has 122 valence electrons. The smallest absolute Gasteiger partial charge is 0.321 e. The molecule has 0 spiro atoms. The van der Waals surface area contributed by atoms with E-state index in [1.165, 1.54) is 0 Å². The van der Waals surface area contributed by atoms with Crippen LogP contribution < -0.4 is 0 Å². The van der Waals surface area contributed by atoms with Crippen molar-refractivity contribution in [2.75, 3.05) is 6.54 Å². The van der Waals surface area contributed by atoms with Gasteiger partial charge in [-0.3, -0.25) is 9.59 Å². The molecule has 4 rings (SSSR count). The number of benzene rings is 2. The van der Waals surface area contributed by atoms with Crippen LogP contribution in [0.25, 0.3) is 0 Å². The Hall–Kier alpha value is -2.62. The van der Waals surface area contributed by atoms with Gasteiger partial charge < -0.3 is 9.64 Å². The molecule has 2 aliphatic heterocycles. The molecule has 2 unspecified atom stereocenters. The molecule has 2 aromatic carbocycles. The van der Waals surface area contributed by atoms with Crippen LogP contribution in [0.5, 0.6) is 0 Å². The van der Waals surface area contributed by atoms with Crippen LogP contribution in [0.4, 0.5) is 0 Å². The first kappa shape index (κ1) is 14.9. The first-order valence-corrected chi connectivity index (χ1v) is 8.33. The number of hydrogen-bond acceptors (Lipinski definition) is 3. The molecule has 2 heterocycles. The number of rotatable bonds is 4. The number of hydrogen-bond donors (Lipinski definition) is 0. The third kappa shape index (κ3) is 2.30. The topological polar surface area (TPSA) is 46.6 Å². The fourth-order valence-electron chi connectivity index (χ4n) is 3.84. The summed E-state index contributed by atoms with van der Waals surface area (Å²) >= 11 is 0. The third-order valence-corrected chi connectivity index (χ3v) is 4.93. The number of carbonyl (C=O) groups excluding carboxylic acids is 2. The zero-order valence-electron chi connectivity index (χ0n) is 13.4. The van der Waals surface area contributed by atoms with Crippen molar-refractivity contribution in [2.45, 2.75) is 30.9 Å². The Labute approximate surface area is 141 Å². The molecule has 2 saturated heterocycles. The maximum Gasteiger partial charge on any atom is 0.321 e. The van der Waals surface area contributed by atoms with E-state index >= 15 is 0 Å². The molecule has 4 nitrogen and oxygen atoms in total. The van der Waals surface area contributed by atoms with Gasteiger partial charge in [0.25, 0.3) is 0 Å². The number of carbonyl (C=O) groups is 2. The second-order valence-corrected chi connectivity index (χ2v) is 6.42. The predicted octanol–water partition coefficient (Wildman–Crippen LogP) is 2.89. The lowest BCUT2D eigenvalue weighted by Gasteiger charge is -2.52. The van der Waals surface area contributed by atoms with Crippen molar-refractivity contribution < 1.29 is 14.3 Å². The van der Waals surface area contributed by atoms with Crippen molar-refractivity contribution >= 4 is 11.9 Å². The SMILES string of the molecule is O=C1OC(Cc2ccccc2)(N2CCCC2=O)C1c1ccccc1. The molecule has 0 saturated carbocycles. The summed E-state index contributed by atoms with van der Waals surface area (Å²) in [6, 6.07) is 19.5. The Morgan fingerprint density at radius 1 is 1.00 bits per heavy atom. The second-order valence-electron chi connectivity index (χ2n) is 6.42. The number of esters is 1. The molecule has 0 aliphatic carbocycles. The maximum atomic E-state index is 12.4. The lowest BCUT2D eigenvalue weighted by atomic mass is 9.78. The van der Waals surface area contributed by atoms with Gasteiger partial charge in [0.05, 0.1) is 0 Å². The van der Waals surface area contributed by atoms with Gasteiger partial charge in [-0.05, 0) is 17.5 Å². The molecule has 0 N–H and O–H groups in total. The van der Waals surface area contributed by atoms with E-state index in [1.54, 1.807) is 4.90 Å². The molecule has 1 amide bonds. The summed E-state index contributed by atoms with van der Waals surface area (Å²) in [5.74, 6) is -0.614. The van der Waals surface area contributed by atoms with Gasteiger partial charge in [-0.1, -0.05) is 60.7 Å².